The zero-order valence-electron chi connectivity index (χ0n) is 22.2. The van der Waals surface area contributed by atoms with Crippen molar-refractivity contribution in [2.75, 3.05) is 6.61 Å². The monoisotopic (exact) mass is 558 g/mol. The molecule has 0 aliphatic heterocycles. The molecule has 4 nitrogen and oxygen atoms in total. The molecule has 4 rings (SSSR count). The van der Waals surface area contributed by atoms with Gasteiger partial charge in [0.1, 0.15) is 11.6 Å². The quantitative estimate of drug-likeness (QED) is 0.122. The molecule has 1 aromatic heterocycles. The van der Waals surface area contributed by atoms with Crippen LogP contribution in [0, 0.1) is 11.6 Å². The molecule has 4 aromatic rings. The fourth-order valence-electron chi connectivity index (χ4n) is 4.44. The van der Waals surface area contributed by atoms with Gasteiger partial charge in [-0.25, -0.2) is 18.7 Å². The van der Waals surface area contributed by atoms with Crippen LogP contribution in [0.3, 0.4) is 0 Å². The molecule has 0 N–H and O–H groups in total. The molecule has 9 heteroatoms. The van der Waals surface area contributed by atoms with Crippen molar-refractivity contribution in [2.45, 2.75) is 64.7 Å². The van der Waals surface area contributed by atoms with Crippen LogP contribution in [-0.2, 0) is 25.7 Å². The van der Waals surface area contributed by atoms with E-state index in [1.165, 1.54) is 18.9 Å². The van der Waals surface area contributed by atoms with Gasteiger partial charge >= 0.3 is 6.36 Å². The summed E-state index contributed by atoms with van der Waals surface area (Å²) in [5.41, 5.74) is 1.91. The molecule has 0 saturated carbocycles. The number of benzene rings is 3. The summed E-state index contributed by atoms with van der Waals surface area (Å²) in [6, 6.07) is 12.3. The Morgan fingerprint density at radius 3 is 2.23 bits per heavy atom. The molecule has 0 unspecified atom stereocenters. The van der Waals surface area contributed by atoms with Gasteiger partial charge in [-0.3, -0.25) is 0 Å². The highest BCUT2D eigenvalue weighted by Gasteiger charge is 2.32. The first kappa shape index (κ1) is 29.2. The maximum absolute atomic E-state index is 15.2. The zero-order chi connectivity index (χ0) is 28.5. The number of aryl methyl sites for hydroxylation is 4. The Balaban J connectivity index is 1.32. The summed E-state index contributed by atoms with van der Waals surface area (Å²) in [7, 11) is 0. The van der Waals surface area contributed by atoms with Crippen LogP contribution in [0.2, 0.25) is 0 Å². The van der Waals surface area contributed by atoms with Crippen LogP contribution in [0.4, 0.5) is 22.0 Å². The first-order valence-electron chi connectivity index (χ1n) is 13.4. The van der Waals surface area contributed by atoms with Gasteiger partial charge in [0.05, 0.1) is 19.0 Å². The summed E-state index contributed by atoms with van der Waals surface area (Å²) in [5.74, 6) is -1.01. The van der Waals surface area contributed by atoms with E-state index in [4.69, 9.17) is 4.74 Å². The number of hydrogen-bond acceptors (Lipinski definition) is 4. The molecule has 0 saturated heterocycles. The first-order chi connectivity index (χ1) is 19.2. The summed E-state index contributed by atoms with van der Waals surface area (Å²) >= 11 is 0. The third-order valence-corrected chi connectivity index (χ3v) is 6.59. The average molecular weight is 559 g/mol. The van der Waals surface area contributed by atoms with E-state index >= 15 is 4.39 Å². The minimum Gasteiger partial charge on any atom is -0.490 e. The number of nitrogens with zero attached hydrogens (tertiary/aromatic N) is 2. The topological polar surface area (TPSA) is 44.2 Å². The Hall–Kier alpha value is -3.75. The van der Waals surface area contributed by atoms with Crippen molar-refractivity contribution in [1.82, 2.24) is 9.97 Å². The lowest BCUT2D eigenvalue weighted by molar-refractivity contribution is -0.275. The lowest BCUT2D eigenvalue weighted by Crippen LogP contribution is -2.18. The fourth-order valence-corrected chi connectivity index (χ4v) is 4.44. The Labute approximate surface area is 230 Å². The number of alkyl halides is 3. The van der Waals surface area contributed by atoms with E-state index in [0.29, 0.717) is 47.5 Å². The van der Waals surface area contributed by atoms with Gasteiger partial charge in [0, 0.05) is 11.8 Å². The van der Waals surface area contributed by atoms with Gasteiger partial charge in [-0.2, -0.15) is 0 Å². The molecule has 0 fully saturated rings. The molecular weight excluding hydrogens is 527 g/mol. The number of halogens is 5. The van der Waals surface area contributed by atoms with E-state index in [1.54, 1.807) is 24.5 Å². The van der Waals surface area contributed by atoms with Gasteiger partial charge < -0.3 is 9.47 Å². The van der Waals surface area contributed by atoms with Gasteiger partial charge in [0.25, 0.3) is 0 Å². The van der Waals surface area contributed by atoms with E-state index in [0.717, 1.165) is 35.9 Å². The van der Waals surface area contributed by atoms with E-state index in [9.17, 15) is 17.6 Å². The molecule has 0 amide bonds. The Morgan fingerprint density at radius 1 is 0.775 bits per heavy atom. The van der Waals surface area contributed by atoms with Gasteiger partial charge in [0.2, 0.25) is 0 Å². The van der Waals surface area contributed by atoms with Gasteiger partial charge in [-0.15, -0.1) is 13.2 Å². The molecule has 0 bridgehead atoms. The Kier molecular flexibility index (Phi) is 9.90. The predicted molar refractivity (Wildman–Crippen MR) is 143 cm³/mol. The average Bonchev–Trinajstić information content (AvgIpc) is 2.93. The molecule has 212 valence electrons. The summed E-state index contributed by atoms with van der Waals surface area (Å²) in [6.07, 6.45) is 4.80. The molecule has 3 aromatic carbocycles. The number of ether oxygens (including phenoxy) is 2. The molecule has 1 heterocycles. The molecule has 0 atom stereocenters. The maximum atomic E-state index is 15.2. The van der Waals surface area contributed by atoms with Crippen LogP contribution in [0.5, 0.6) is 11.5 Å². The Bertz CT molecular complexity index is 1410. The van der Waals surface area contributed by atoms with Crippen LogP contribution in [0.1, 0.15) is 55.1 Å². The normalized spacial score (nSPS) is 11.7. The number of aromatic nitrogens is 2. The number of rotatable bonds is 13. The maximum Gasteiger partial charge on any atom is 0.573 e. The lowest BCUT2D eigenvalue weighted by Gasteiger charge is -2.11. The van der Waals surface area contributed by atoms with Crippen LogP contribution in [0.25, 0.3) is 10.8 Å². The highest BCUT2D eigenvalue weighted by Crippen LogP contribution is 2.28. The number of fused-ring (bicyclic) bond motifs is 1. The third-order valence-electron chi connectivity index (χ3n) is 6.59. The van der Waals surface area contributed by atoms with Crippen molar-refractivity contribution in [1.29, 1.82) is 0 Å². The van der Waals surface area contributed by atoms with Crippen LogP contribution in [-0.4, -0.2) is 22.9 Å². The Morgan fingerprint density at radius 2 is 1.50 bits per heavy atom. The molecule has 0 spiro atoms. The number of hydrogen-bond donors (Lipinski definition) is 0. The SMILES string of the molecule is CCCCCCOc1cnc(CCc2ccc3c(F)c(CCc4ccc(OC(F)(F)F)c(F)c4)ccc3c2)nc1. The van der Waals surface area contributed by atoms with E-state index in [2.05, 4.69) is 21.6 Å². The predicted octanol–water partition coefficient (Wildman–Crippen LogP) is 8.34. The summed E-state index contributed by atoms with van der Waals surface area (Å²) in [4.78, 5) is 8.78. The highest BCUT2D eigenvalue weighted by atomic mass is 19.4. The minimum atomic E-state index is -4.97. The smallest absolute Gasteiger partial charge is 0.490 e. The molecule has 40 heavy (non-hydrogen) atoms. The van der Waals surface area contributed by atoms with E-state index < -0.39 is 17.9 Å². The second-order valence-electron chi connectivity index (χ2n) is 9.65. The first-order valence-corrected chi connectivity index (χ1v) is 13.4. The van der Waals surface area contributed by atoms with Crippen molar-refractivity contribution >= 4 is 10.8 Å². The van der Waals surface area contributed by atoms with Crippen molar-refractivity contribution in [2.24, 2.45) is 0 Å². The zero-order valence-corrected chi connectivity index (χ0v) is 22.2. The molecule has 0 aliphatic rings. The van der Waals surface area contributed by atoms with Crippen LogP contribution in [0.15, 0.2) is 60.9 Å². The van der Waals surface area contributed by atoms with E-state index in [-0.39, 0.29) is 18.7 Å². The second-order valence-corrected chi connectivity index (χ2v) is 9.65. The van der Waals surface area contributed by atoms with Gasteiger partial charge in [-0.1, -0.05) is 62.6 Å². The van der Waals surface area contributed by atoms with Crippen LogP contribution < -0.4 is 9.47 Å². The highest BCUT2D eigenvalue weighted by molar-refractivity contribution is 5.84. The molecule has 0 aliphatic carbocycles. The van der Waals surface area contributed by atoms with Crippen molar-refractivity contribution in [3.05, 3.63) is 95.1 Å². The van der Waals surface area contributed by atoms with E-state index in [1.807, 2.05) is 18.2 Å². The largest absolute Gasteiger partial charge is 0.573 e. The third kappa shape index (κ3) is 8.37. The summed E-state index contributed by atoms with van der Waals surface area (Å²) in [5, 5.41) is 1.23. The molecule has 0 radical (unpaired) electrons. The fraction of sp³-hybridized carbons (Fsp3) is 0.355. The summed E-state index contributed by atoms with van der Waals surface area (Å²) in [6.45, 7) is 2.83. The number of unbranched alkanes of at least 4 members (excludes halogenated alkanes) is 3. The molecular formula is C31H31F5N2O2. The van der Waals surface area contributed by atoms with Crippen molar-refractivity contribution < 1.29 is 31.4 Å². The van der Waals surface area contributed by atoms with Crippen LogP contribution >= 0.6 is 0 Å². The van der Waals surface area contributed by atoms with Gasteiger partial charge in [-0.05, 0) is 59.9 Å². The van der Waals surface area contributed by atoms with Crippen molar-refractivity contribution in [3.63, 3.8) is 0 Å². The van der Waals surface area contributed by atoms with Gasteiger partial charge in [0.15, 0.2) is 17.3 Å². The standard InChI is InChI=1S/C31H31F5N2O2/c1-2-3-4-5-16-39-25-19-37-29(38-20-25)15-9-21-7-13-26-24(17-21)12-11-23(30(26)33)10-6-22-8-14-28(27(32)18-22)40-31(34,35)36/h7-8,11-14,17-20H,2-6,9-10,15-16H2,1H3. The minimum absolute atomic E-state index is 0.256. The second kappa shape index (κ2) is 13.5. The van der Waals surface area contributed by atoms with Crippen molar-refractivity contribution in [3.8, 4) is 11.5 Å². The lowest BCUT2D eigenvalue weighted by atomic mass is 9.98. The summed E-state index contributed by atoms with van der Waals surface area (Å²) < 4.78 is 75.6.